The van der Waals surface area contributed by atoms with Crippen LogP contribution in [-0.2, 0) is 20.1 Å². The van der Waals surface area contributed by atoms with Crippen LogP contribution >= 0.6 is 11.8 Å². The Hall–Kier alpha value is -2.80. The van der Waals surface area contributed by atoms with E-state index < -0.39 is 0 Å². The summed E-state index contributed by atoms with van der Waals surface area (Å²) in [6.07, 6.45) is 1.19. The summed E-state index contributed by atoms with van der Waals surface area (Å²) in [5.41, 5.74) is 1.21. The molecule has 0 saturated carbocycles. The molecule has 2 heterocycles. The Balaban J connectivity index is 1.40. The van der Waals surface area contributed by atoms with Gasteiger partial charge in [-0.2, -0.15) is 0 Å². The number of aromatic nitrogens is 3. The summed E-state index contributed by atoms with van der Waals surface area (Å²) >= 11 is 1.95. The minimum absolute atomic E-state index is 0.616. The molecule has 1 aromatic heterocycles. The lowest BCUT2D eigenvalue weighted by molar-refractivity contribution is 0.470. The van der Waals surface area contributed by atoms with Gasteiger partial charge in [-0.05, 0) is 37.0 Å². The molecule has 31 heavy (non-hydrogen) atoms. The summed E-state index contributed by atoms with van der Waals surface area (Å²) in [5, 5.41) is 12.0. The van der Waals surface area contributed by atoms with Gasteiger partial charge in [-0.15, -0.1) is 22.0 Å². The maximum atomic E-state index is 4.95. The number of aryl methyl sites for hydroxylation is 1. The van der Waals surface area contributed by atoms with Gasteiger partial charge in [0.15, 0.2) is 11.8 Å². The Kier molecular flexibility index (Phi) is 7.25. The number of hydrogen-bond acceptors (Lipinski definition) is 4. The van der Waals surface area contributed by atoms with E-state index in [4.69, 9.17) is 4.99 Å². The van der Waals surface area contributed by atoms with Crippen molar-refractivity contribution in [3.63, 3.8) is 0 Å². The van der Waals surface area contributed by atoms with Crippen LogP contribution in [0.3, 0.4) is 0 Å². The smallest absolute Gasteiger partial charge is 0.194 e. The second-order valence-electron chi connectivity index (χ2n) is 7.93. The summed E-state index contributed by atoms with van der Waals surface area (Å²) < 4.78 is 2.02. The van der Waals surface area contributed by atoms with Gasteiger partial charge in [-0.3, -0.25) is 0 Å². The number of nitrogens with one attached hydrogen (secondary N) is 1. The van der Waals surface area contributed by atoms with Crippen LogP contribution in [0.5, 0.6) is 0 Å². The number of thioether (sulfide) groups is 1. The first-order chi connectivity index (χ1) is 15.2. The average Bonchev–Trinajstić information content (AvgIpc) is 3.41. The molecule has 0 amide bonds. The molecule has 2 aromatic carbocycles. The normalized spacial score (nSPS) is 16.6. The molecule has 0 spiro atoms. The Bertz CT molecular complexity index is 986. The molecular formula is C24H30N6S. The maximum Gasteiger partial charge on any atom is 0.194 e. The molecule has 1 atom stereocenters. The highest BCUT2D eigenvalue weighted by Gasteiger charge is 2.25. The van der Waals surface area contributed by atoms with E-state index in [2.05, 4.69) is 75.0 Å². The molecule has 1 aliphatic heterocycles. The van der Waals surface area contributed by atoms with E-state index in [9.17, 15) is 0 Å². The molecule has 4 rings (SSSR count). The van der Waals surface area contributed by atoms with Crippen molar-refractivity contribution in [1.29, 1.82) is 0 Å². The first-order valence-corrected chi connectivity index (χ1v) is 11.8. The van der Waals surface area contributed by atoms with Crippen molar-refractivity contribution in [2.24, 2.45) is 18.0 Å². The lowest BCUT2D eigenvalue weighted by Crippen LogP contribution is -2.40. The number of likely N-dealkylation sites (tertiary alicyclic amines) is 1. The van der Waals surface area contributed by atoms with Crippen LogP contribution in [0.1, 0.15) is 23.6 Å². The van der Waals surface area contributed by atoms with Crippen LogP contribution in [0.25, 0.3) is 0 Å². The largest absolute Gasteiger partial charge is 0.349 e. The Morgan fingerprint density at radius 3 is 2.55 bits per heavy atom. The highest BCUT2D eigenvalue weighted by Crippen LogP contribution is 2.26. The van der Waals surface area contributed by atoms with Crippen LogP contribution in [0.2, 0.25) is 0 Å². The molecule has 1 unspecified atom stereocenters. The van der Waals surface area contributed by atoms with E-state index in [-0.39, 0.29) is 0 Å². The zero-order valence-electron chi connectivity index (χ0n) is 18.2. The van der Waals surface area contributed by atoms with Gasteiger partial charge in [-0.1, -0.05) is 48.5 Å². The molecule has 1 fully saturated rings. The summed E-state index contributed by atoms with van der Waals surface area (Å²) in [4.78, 5) is 8.68. The minimum Gasteiger partial charge on any atom is -0.349 e. The van der Waals surface area contributed by atoms with Crippen molar-refractivity contribution >= 4 is 17.7 Å². The van der Waals surface area contributed by atoms with Crippen molar-refractivity contribution in [3.8, 4) is 0 Å². The van der Waals surface area contributed by atoms with Crippen molar-refractivity contribution < 1.29 is 0 Å². The molecule has 1 saturated heterocycles. The predicted octanol–water partition coefficient (Wildman–Crippen LogP) is 3.88. The second kappa shape index (κ2) is 10.5. The Morgan fingerprint density at radius 2 is 1.84 bits per heavy atom. The molecule has 3 aromatic rings. The third-order valence-electron chi connectivity index (χ3n) is 5.66. The van der Waals surface area contributed by atoms with Crippen molar-refractivity contribution in [1.82, 2.24) is 25.0 Å². The van der Waals surface area contributed by atoms with Gasteiger partial charge in [0.2, 0.25) is 0 Å². The van der Waals surface area contributed by atoms with E-state index in [0.717, 1.165) is 36.5 Å². The van der Waals surface area contributed by atoms with Gasteiger partial charge >= 0.3 is 0 Å². The first-order valence-electron chi connectivity index (χ1n) is 10.8. The van der Waals surface area contributed by atoms with Gasteiger partial charge < -0.3 is 14.8 Å². The van der Waals surface area contributed by atoms with Crippen LogP contribution in [0.4, 0.5) is 0 Å². The third-order valence-corrected chi connectivity index (χ3v) is 6.90. The van der Waals surface area contributed by atoms with Gasteiger partial charge in [0, 0.05) is 30.8 Å². The topological polar surface area (TPSA) is 58.3 Å². The molecule has 0 radical (unpaired) electrons. The standard InChI is InChI=1S/C24H30N6S/c1-19-27-28-23(29(19)2)16-26-24(25-15-20-9-5-3-6-10-20)30-14-13-21(17-30)18-31-22-11-7-4-8-12-22/h3-12,21H,13-18H2,1-2H3,(H,25,26). The highest BCUT2D eigenvalue weighted by atomic mass is 32.2. The van der Waals surface area contributed by atoms with Crippen molar-refractivity contribution in [2.45, 2.75) is 31.3 Å². The molecule has 7 heteroatoms. The zero-order chi connectivity index (χ0) is 21.5. The minimum atomic E-state index is 0.616. The molecule has 6 nitrogen and oxygen atoms in total. The summed E-state index contributed by atoms with van der Waals surface area (Å²) in [6.45, 7) is 5.30. The van der Waals surface area contributed by atoms with Crippen LogP contribution in [-0.4, -0.2) is 44.5 Å². The number of rotatable bonds is 7. The number of nitrogens with zero attached hydrogens (tertiary/aromatic N) is 5. The fourth-order valence-electron chi connectivity index (χ4n) is 3.67. The fraction of sp³-hybridized carbons (Fsp3) is 0.375. The number of guanidine groups is 1. The lowest BCUT2D eigenvalue weighted by atomic mass is 10.2. The summed E-state index contributed by atoms with van der Waals surface area (Å²) in [7, 11) is 2.00. The third kappa shape index (κ3) is 5.88. The van der Waals surface area contributed by atoms with E-state index in [1.54, 1.807) is 0 Å². The summed E-state index contributed by atoms with van der Waals surface area (Å²) in [6, 6.07) is 21.1. The monoisotopic (exact) mass is 434 g/mol. The van der Waals surface area contributed by atoms with Gasteiger partial charge in [0.1, 0.15) is 5.82 Å². The van der Waals surface area contributed by atoms with Crippen LogP contribution in [0.15, 0.2) is 70.6 Å². The van der Waals surface area contributed by atoms with Crippen LogP contribution in [0, 0.1) is 12.8 Å². The van der Waals surface area contributed by atoms with E-state index >= 15 is 0 Å². The van der Waals surface area contributed by atoms with E-state index in [1.807, 2.05) is 36.4 Å². The summed E-state index contributed by atoms with van der Waals surface area (Å²) in [5.74, 6) is 4.58. The molecule has 1 aliphatic rings. The molecule has 162 valence electrons. The Morgan fingerprint density at radius 1 is 1.10 bits per heavy atom. The van der Waals surface area contributed by atoms with Crippen molar-refractivity contribution in [3.05, 3.63) is 77.9 Å². The van der Waals surface area contributed by atoms with Gasteiger partial charge in [-0.25, -0.2) is 4.99 Å². The number of hydrogen-bond donors (Lipinski definition) is 1. The van der Waals surface area contributed by atoms with Crippen LogP contribution < -0.4 is 5.32 Å². The highest BCUT2D eigenvalue weighted by molar-refractivity contribution is 7.99. The molecule has 0 bridgehead atoms. The second-order valence-corrected chi connectivity index (χ2v) is 9.02. The van der Waals surface area contributed by atoms with E-state index in [1.165, 1.54) is 16.9 Å². The van der Waals surface area contributed by atoms with Gasteiger partial charge in [0.05, 0.1) is 13.1 Å². The fourth-order valence-corrected chi connectivity index (χ4v) is 4.72. The molecule has 1 N–H and O–H groups in total. The van der Waals surface area contributed by atoms with E-state index in [0.29, 0.717) is 19.0 Å². The number of benzene rings is 2. The molecule has 0 aliphatic carbocycles. The zero-order valence-corrected chi connectivity index (χ0v) is 19.1. The predicted molar refractivity (Wildman–Crippen MR) is 127 cm³/mol. The lowest BCUT2D eigenvalue weighted by Gasteiger charge is -2.22. The average molecular weight is 435 g/mol. The molecular weight excluding hydrogens is 404 g/mol. The first kappa shape index (κ1) is 21.4. The Labute approximate surface area is 188 Å². The number of aliphatic imine (C=N–C) groups is 1. The SMILES string of the molecule is Cc1nnc(CNC(=NCc2ccccc2)N2CCC(CSc3ccccc3)C2)n1C. The van der Waals surface area contributed by atoms with Crippen molar-refractivity contribution in [2.75, 3.05) is 18.8 Å². The maximum absolute atomic E-state index is 4.95. The van der Waals surface area contributed by atoms with Gasteiger partial charge in [0.25, 0.3) is 0 Å². The quantitative estimate of drug-likeness (QED) is 0.347.